The molecule has 1 aliphatic carbocycles. The molecule has 1 fully saturated rings. The lowest BCUT2D eigenvalue weighted by atomic mass is 10.0. The van der Waals surface area contributed by atoms with Crippen LogP contribution in [-0.4, -0.2) is 6.54 Å². The molecule has 1 aromatic rings. The fraction of sp³-hybridized carbons (Fsp3) is 0.556. The zero-order valence-corrected chi connectivity index (χ0v) is 9.25. The quantitative estimate of drug-likeness (QED) is 0.871. The highest BCUT2D eigenvalue weighted by molar-refractivity contribution is 9.10. The van der Waals surface area contributed by atoms with Crippen molar-refractivity contribution in [2.24, 2.45) is 5.73 Å². The highest BCUT2D eigenvalue weighted by atomic mass is 79.9. The Labute approximate surface area is 85.1 Å². The van der Waals surface area contributed by atoms with Crippen molar-refractivity contribution in [2.45, 2.75) is 24.7 Å². The fourth-order valence-corrected chi connectivity index (χ4v) is 3.77. The van der Waals surface area contributed by atoms with Gasteiger partial charge in [-0.05, 0) is 53.2 Å². The van der Waals surface area contributed by atoms with Gasteiger partial charge in [-0.3, -0.25) is 0 Å². The van der Waals surface area contributed by atoms with Crippen LogP contribution in [0, 0.1) is 0 Å². The molecule has 1 aliphatic rings. The standard InChI is InChI=1S/C9H12BrNS/c10-7-1-6-12-8(7)9(2-3-9)4-5-11/h1,6H,2-5,11H2. The van der Waals surface area contributed by atoms with Gasteiger partial charge in [0.25, 0.3) is 0 Å². The second-order valence-corrected chi connectivity index (χ2v) is 5.19. The third-order valence-electron chi connectivity index (χ3n) is 2.58. The second kappa shape index (κ2) is 3.13. The average molecular weight is 246 g/mol. The van der Waals surface area contributed by atoms with Gasteiger partial charge < -0.3 is 5.73 Å². The topological polar surface area (TPSA) is 26.0 Å². The molecule has 0 spiro atoms. The van der Waals surface area contributed by atoms with E-state index in [1.807, 2.05) is 11.3 Å². The van der Waals surface area contributed by atoms with Crippen LogP contribution < -0.4 is 5.73 Å². The molecule has 0 unspecified atom stereocenters. The molecule has 1 saturated carbocycles. The Morgan fingerprint density at radius 2 is 2.33 bits per heavy atom. The van der Waals surface area contributed by atoms with E-state index in [0.717, 1.165) is 13.0 Å². The van der Waals surface area contributed by atoms with E-state index in [1.54, 1.807) is 0 Å². The van der Waals surface area contributed by atoms with E-state index in [4.69, 9.17) is 5.73 Å². The van der Waals surface area contributed by atoms with Gasteiger partial charge in [0.05, 0.1) is 0 Å². The van der Waals surface area contributed by atoms with E-state index in [9.17, 15) is 0 Å². The number of hydrogen-bond donors (Lipinski definition) is 1. The predicted molar refractivity (Wildman–Crippen MR) is 56.6 cm³/mol. The zero-order chi connectivity index (χ0) is 8.60. The van der Waals surface area contributed by atoms with Gasteiger partial charge >= 0.3 is 0 Å². The molecule has 1 heterocycles. The van der Waals surface area contributed by atoms with Crippen LogP contribution in [0.2, 0.25) is 0 Å². The van der Waals surface area contributed by atoms with Gasteiger partial charge in [0.1, 0.15) is 0 Å². The van der Waals surface area contributed by atoms with E-state index in [2.05, 4.69) is 27.4 Å². The molecular weight excluding hydrogens is 234 g/mol. The third kappa shape index (κ3) is 1.34. The Morgan fingerprint density at radius 3 is 2.75 bits per heavy atom. The zero-order valence-electron chi connectivity index (χ0n) is 6.85. The number of nitrogens with two attached hydrogens (primary N) is 1. The number of hydrogen-bond acceptors (Lipinski definition) is 2. The van der Waals surface area contributed by atoms with E-state index in [-0.39, 0.29) is 0 Å². The van der Waals surface area contributed by atoms with Crippen molar-refractivity contribution in [3.05, 3.63) is 20.8 Å². The van der Waals surface area contributed by atoms with Crippen molar-refractivity contribution < 1.29 is 0 Å². The maximum atomic E-state index is 5.60. The summed E-state index contributed by atoms with van der Waals surface area (Å²) in [7, 11) is 0. The molecule has 1 aromatic heterocycles. The van der Waals surface area contributed by atoms with E-state index in [1.165, 1.54) is 22.2 Å². The summed E-state index contributed by atoms with van der Waals surface area (Å²) in [6.07, 6.45) is 3.79. The molecule has 2 rings (SSSR count). The smallest absolute Gasteiger partial charge is 0.0320 e. The van der Waals surface area contributed by atoms with Crippen molar-refractivity contribution in [1.82, 2.24) is 0 Å². The lowest BCUT2D eigenvalue weighted by molar-refractivity contribution is 0.638. The van der Waals surface area contributed by atoms with Gasteiger partial charge in [-0.25, -0.2) is 0 Å². The lowest BCUT2D eigenvalue weighted by Gasteiger charge is -2.11. The van der Waals surface area contributed by atoms with Gasteiger partial charge in [0, 0.05) is 14.8 Å². The lowest BCUT2D eigenvalue weighted by Crippen LogP contribution is -2.12. The Kier molecular flexibility index (Phi) is 2.27. The Bertz CT molecular complexity index is 278. The van der Waals surface area contributed by atoms with Gasteiger partial charge in [0.2, 0.25) is 0 Å². The summed E-state index contributed by atoms with van der Waals surface area (Å²) < 4.78 is 1.28. The first-order valence-electron chi connectivity index (χ1n) is 4.22. The van der Waals surface area contributed by atoms with Crippen LogP contribution in [0.25, 0.3) is 0 Å². The molecular formula is C9H12BrNS. The van der Waals surface area contributed by atoms with E-state index < -0.39 is 0 Å². The summed E-state index contributed by atoms with van der Waals surface area (Å²) in [5.41, 5.74) is 6.06. The number of rotatable bonds is 3. The van der Waals surface area contributed by atoms with Crippen molar-refractivity contribution in [1.29, 1.82) is 0 Å². The van der Waals surface area contributed by atoms with E-state index in [0.29, 0.717) is 5.41 Å². The van der Waals surface area contributed by atoms with Gasteiger partial charge in [-0.15, -0.1) is 11.3 Å². The molecule has 66 valence electrons. The summed E-state index contributed by atoms with van der Waals surface area (Å²) in [6, 6.07) is 2.14. The molecule has 12 heavy (non-hydrogen) atoms. The molecule has 0 bridgehead atoms. The molecule has 0 radical (unpaired) electrons. The molecule has 0 atom stereocenters. The van der Waals surface area contributed by atoms with Gasteiger partial charge in [-0.1, -0.05) is 0 Å². The summed E-state index contributed by atoms with van der Waals surface area (Å²) in [5, 5.41) is 2.15. The van der Waals surface area contributed by atoms with E-state index >= 15 is 0 Å². The highest BCUT2D eigenvalue weighted by Gasteiger charge is 2.45. The highest BCUT2D eigenvalue weighted by Crippen LogP contribution is 2.54. The molecule has 3 heteroatoms. The Hall–Kier alpha value is 0.140. The Morgan fingerprint density at radius 1 is 1.58 bits per heavy atom. The Balaban J connectivity index is 2.24. The van der Waals surface area contributed by atoms with Crippen LogP contribution >= 0.6 is 27.3 Å². The van der Waals surface area contributed by atoms with Crippen LogP contribution in [0.4, 0.5) is 0 Å². The van der Waals surface area contributed by atoms with Gasteiger partial charge in [0.15, 0.2) is 0 Å². The summed E-state index contributed by atoms with van der Waals surface area (Å²) in [5.74, 6) is 0. The molecule has 2 N–H and O–H groups in total. The minimum atomic E-state index is 0.460. The first kappa shape index (κ1) is 8.73. The van der Waals surface area contributed by atoms with Crippen LogP contribution in [0.1, 0.15) is 24.1 Å². The molecule has 0 aromatic carbocycles. The van der Waals surface area contributed by atoms with Crippen LogP contribution in [-0.2, 0) is 5.41 Å². The fourth-order valence-electron chi connectivity index (χ4n) is 1.69. The molecule has 0 saturated heterocycles. The van der Waals surface area contributed by atoms with Crippen molar-refractivity contribution in [3.8, 4) is 0 Å². The monoisotopic (exact) mass is 245 g/mol. The normalized spacial score (nSPS) is 19.5. The van der Waals surface area contributed by atoms with Gasteiger partial charge in [-0.2, -0.15) is 0 Å². The SMILES string of the molecule is NCCC1(c2sccc2Br)CC1. The van der Waals surface area contributed by atoms with Crippen LogP contribution in [0.3, 0.4) is 0 Å². The van der Waals surface area contributed by atoms with Crippen molar-refractivity contribution >= 4 is 27.3 Å². The molecule has 0 aliphatic heterocycles. The predicted octanol–water partition coefficient (Wildman–Crippen LogP) is 2.89. The average Bonchev–Trinajstić information content (AvgIpc) is 2.68. The molecule has 1 nitrogen and oxygen atoms in total. The van der Waals surface area contributed by atoms with Crippen LogP contribution in [0.5, 0.6) is 0 Å². The summed E-state index contributed by atoms with van der Waals surface area (Å²) in [6.45, 7) is 0.810. The number of halogens is 1. The summed E-state index contributed by atoms with van der Waals surface area (Å²) in [4.78, 5) is 1.51. The van der Waals surface area contributed by atoms with Crippen molar-refractivity contribution in [2.75, 3.05) is 6.54 Å². The minimum absolute atomic E-state index is 0.460. The first-order chi connectivity index (χ1) is 5.78. The molecule has 0 amide bonds. The minimum Gasteiger partial charge on any atom is -0.330 e. The second-order valence-electron chi connectivity index (χ2n) is 3.42. The first-order valence-corrected chi connectivity index (χ1v) is 5.89. The van der Waals surface area contributed by atoms with Crippen LogP contribution in [0.15, 0.2) is 15.9 Å². The number of thiophene rings is 1. The largest absolute Gasteiger partial charge is 0.330 e. The third-order valence-corrected chi connectivity index (χ3v) is 4.66. The maximum absolute atomic E-state index is 5.60. The van der Waals surface area contributed by atoms with Crippen molar-refractivity contribution in [3.63, 3.8) is 0 Å². The maximum Gasteiger partial charge on any atom is 0.0320 e. The summed E-state index contributed by atoms with van der Waals surface area (Å²) >= 11 is 5.44.